The number of aliphatic hydroxyl groups excluding tert-OH is 1. The van der Waals surface area contributed by atoms with Crippen LogP contribution >= 0.6 is 0 Å². The molecular formula is C15H20OTi. The smallest absolute Gasteiger partial charge is 0.397 e. The zero-order valence-corrected chi connectivity index (χ0v) is 12.4. The summed E-state index contributed by atoms with van der Waals surface area (Å²) in [4.78, 5) is 0. The maximum Gasteiger partial charge on any atom is 2.00 e. The minimum Gasteiger partial charge on any atom is -0.397 e. The van der Waals surface area contributed by atoms with Crippen LogP contribution in [0.3, 0.4) is 0 Å². The van der Waals surface area contributed by atoms with Crippen LogP contribution in [-0.2, 0) is 21.7 Å². The van der Waals surface area contributed by atoms with Gasteiger partial charge < -0.3 is 12.5 Å². The van der Waals surface area contributed by atoms with Gasteiger partial charge in [-0.05, 0) is 20.3 Å². The fraction of sp³-hybridized carbons (Fsp3) is 0.267. The van der Waals surface area contributed by atoms with Crippen molar-refractivity contribution < 1.29 is 26.8 Å². The van der Waals surface area contributed by atoms with Crippen LogP contribution < -0.4 is 0 Å². The molecule has 0 spiro atoms. The van der Waals surface area contributed by atoms with Crippen LogP contribution in [0.2, 0.25) is 0 Å². The van der Waals surface area contributed by atoms with Gasteiger partial charge >= 0.3 is 21.7 Å². The summed E-state index contributed by atoms with van der Waals surface area (Å²) >= 11 is 0. The van der Waals surface area contributed by atoms with Crippen molar-refractivity contribution in [3.8, 4) is 0 Å². The van der Waals surface area contributed by atoms with Crippen molar-refractivity contribution in [3.63, 3.8) is 0 Å². The van der Waals surface area contributed by atoms with Crippen molar-refractivity contribution in [1.29, 1.82) is 0 Å². The molecule has 1 nitrogen and oxygen atoms in total. The molecule has 17 heavy (non-hydrogen) atoms. The SMILES string of the molecule is CC1=C(c2[c-]cccc2)CC=C1.CCO.[CH3-].[Ti+2]. The van der Waals surface area contributed by atoms with Gasteiger partial charge in [0.1, 0.15) is 0 Å². The van der Waals surface area contributed by atoms with Crippen LogP contribution in [0, 0.1) is 13.5 Å². The Morgan fingerprint density at radius 3 is 2.41 bits per heavy atom. The largest absolute Gasteiger partial charge is 2.00 e. The van der Waals surface area contributed by atoms with E-state index in [1.54, 1.807) is 6.92 Å². The van der Waals surface area contributed by atoms with Crippen molar-refractivity contribution in [2.45, 2.75) is 20.3 Å². The average molecular weight is 264 g/mol. The van der Waals surface area contributed by atoms with Gasteiger partial charge in [0.05, 0.1) is 0 Å². The minimum atomic E-state index is 0. The molecule has 0 heterocycles. The first-order valence-electron chi connectivity index (χ1n) is 5.23. The second-order valence-corrected chi connectivity index (χ2v) is 3.36. The summed E-state index contributed by atoms with van der Waals surface area (Å²) in [6.45, 7) is 4.08. The molecule has 1 N–H and O–H groups in total. The van der Waals surface area contributed by atoms with Gasteiger partial charge in [-0.1, -0.05) is 17.7 Å². The Bertz CT molecular complexity index is 352. The second-order valence-electron chi connectivity index (χ2n) is 3.36. The van der Waals surface area contributed by atoms with E-state index in [0.717, 1.165) is 6.42 Å². The Kier molecular flexibility index (Phi) is 11.6. The van der Waals surface area contributed by atoms with Crippen molar-refractivity contribution >= 4 is 5.57 Å². The Hall–Kier alpha value is -0.626. The predicted octanol–water partition coefficient (Wildman–Crippen LogP) is 3.67. The van der Waals surface area contributed by atoms with Crippen molar-refractivity contribution in [3.05, 3.63) is 61.0 Å². The molecule has 1 aromatic carbocycles. The fourth-order valence-electron chi connectivity index (χ4n) is 1.52. The number of rotatable bonds is 1. The number of hydrogen-bond donors (Lipinski definition) is 1. The zero-order chi connectivity index (χ0) is 11.1. The first-order valence-corrected chi connectivity index (χ1v) is 5.23. The van der Waals surface area contributed by atoms with Gasteiger partial charge in [0.2, 0.25) is 0 Å². The topological polar surface area (TPSA) is 20.2 Å². The van der Waals surface area contributed by atoms with Gasteiger partial charge in [0.15, 0.2) is 0 Å². The molecule has 90 valence electrons. The summed E-state index contributed by atoms with van der Waals surface area (Å²) in [5.74, 6) is 0. The Morgan fingerprint density at radius 1 is 1.35 bits per heavy atom. The van der Waals surface area contributed by atoms with Crippen LogP contribution in [0.1, 0.15) is 25.8 Å². The van der Waals surface area contributed by atoms with E-state index in [1.165, 1.54) is 16.7 Å². The van der Waals surface area contributed by atoms with Crippen LogP contribution in [0.25, 0.3) is 5.57 Å². The first-order chi connectivity index (χ1) is 7.29. The van der Waals surface area contributed by atoms with Gasteiger partial charge in [-0.15, -0.1) is 41.5 Å². The molecule has 1 aliphatic carbocycles. The number of allylic oxidation sites excluding steroid dienone is 4. The maximum absolute atomic E-state index is 7.57. The maximum atomic E-state index is 7.57. The Labute approximate surface area is 120 Å². The monoisotopic (exact) mass is 264 g/mol. The van der Waals surface area contributed by atoms with Crippen molar-refractivity contribution in [2.24, 2.45) is 0 Å². The van der Waals surface area contributed by atoms with Gasteiger partial charge in [-0.25, -0.2) is 0 Å². The molecule has 0 saturated carbocycles. The van der Waals surface area contributed by atoms with Crippen LogP contribution in [0.15, 0.2) is 42.0 Å². The molecule has 0 aliphatic heterocycles. The van der Waals surface area contributed by atoms with E-state index in [0.29, 0.717) is 0 Å². The summed E-state index contributed by atoms with van der Waals surface area (Å²) in [5.41, 5.74) is 4.02. The molecule has 0 radical (unpaired) electrons. The van der Waals surface area contributed by atoms with E-state index < -0.39 is 0 Å². The molecule has 0 unspecified atom stereocenters. The van der Waals surface area contributed by atoms with E-state index in [2.05, 4.69) is 37.3 Å². The molecule has 2 rings (SSSR count). The third-order valence-electron chi connectivity index (χ3n) is 2.20. The van der Waals surface area contributed by atoms with Gasteiger partial charge in [0.25, 0.3) is 0 Å². The number of hydrogen-bond acceptors (Lipinski definition) is 1. The Balaban J connectivity index is 0. The van der Waals surface area contributed by atoms with Crippen molar-refractivity contribution in [1.82, 2.24) is 0 Å². The summed E-state index contributed by atoms with van der Waals surface area (Å²) in [7, 11) is 0. The molecule has 0 atom stereocenters. The molecule has 0 aromatic heterocycles. The molecule has 0 bridgehead atoms. The summed E-state index contributed by atoms with van der Waals surface area (Å²) in [5, 5.41) is 7.57. The third-order valence-corrected chi connectivity index (χ3v) is 2.20. The third kappa shape index (κ3) is 6.02. The Morgan fingerprint density at radius 2 is 2.00 bits per heavy atom. The van der Waals surface area contributed by atoms with Gasteiger partial charge in [-0.2, -0.15) is 0 Å². The predicted molar refractivity (Wildman–Crippen MR) is 70.8 cm³/mol. The first kappa shape index (κ1) is 18.7. The number of benzene rings is 1. The minimum absolute atomic E-state index is 0. The van der Waals surface area contributed by atoms with Crippen molar-refractivity contribution in [2.75, 3.05) is 6.61 Å². The van der Waals surface area contributed by atoms with E-state index in [9.17, 15) is 0 Å². The number of aliphatic hydroxyl groups is 1. The average Bonchev–Trinajstić information content (AvgIpc) is 2.67. The molecule has 0 saturated heterocycles. The summed E-state index contributed by atoms with van der Waals surface area (Å²) < 4.78 is 0. The molecule has 1 aliphatic rings. The molecule has 1 aromatic rings. The molecule has 2 heteroatoms. The van der Waals surface area contributed by atoms with Gasteiger partial charge in [0, 0.05) is 6.61 Å². The van der Waals surface area contributed by atoms with E-state index in [4.69, 9.17) is 5.11 Å². The molecular weight excluding hydrogens is 244 g/mol. The molecule has 0 fully saturated rings. The normalized spacial score (nSPS) is 12.2. The van der Waals surface area contributed by atoms with Crippen LogP contribution in [-0.4, -0.2) is 11.7 Å². The second kappa shape index (κ2) is 10.5. The summed E-state index contributed by atoms with van der Waals surface area (Å²) in [6, 6.07) is 11.4. The fourth-order valence-corrected chi connectivity index (χ4v) is 1.52. The van der Waals surface area contributed by atoms with Gasteiger partial charge in [-0.3, -0.25) is 0 Å². The standard InChI is InChI=1S/C12H11.C2H6O.CH3.Ti/c1-10-6-5-9-12(10)11-7-3-2-4-8-11;1-2-3;;/h2-7H,9H2,1H3;3H,2H2,1H3;1H3;/q-1;;-1;+2. The summed E-state index contributed by atoms with van der Waals surface area (Å²) in [6.07, 6.45) is 5.44. The van der Waals surface area contributed by atoms with Crippen LogP contribution in [0.5, 0.6) is 0 Å². The van der Waals surface area contributed by atoms with E-state index >= 15 is 0 Å². The van der Waals surface area contributed by atoms with Crippen LogP contribution in [0.4, 0.5) is 0 Å². The quantitative estimate of drug-likeness (QED) is 0.606. The zero-order valence-electron chi connectivity index (χ0n) is 10.8. The van der Waals surface area contributed by atoms with E-state index in [1.807, 2.05) is 12.1 Å². The molecule has 0 amide bonds. The van der Waals surface area contributed by atoms with E-state index in [-0.39, 0.29) is 35.8 Å².